The van der Waals surface area contributed by atoms with Gasteiger partial charge in [0, 0.05) is 10.8 Å². The summed E-state index contributed by atoms with van der Waals surface area (Å²) in [6.45, 7) is 4.54. The number of aromatic nitrogens is 1. The normalized spacial score (nSPS) is 11.5. The second-order valence-electron chi connectivity index (χ2n) is 5.22. The summed E-state index contributed by atoms with van der Waals surface area (Å²) in [7, 11) is 0. The van der Waals surface area contributed by atoms with Crippen molar-refractivity contribution in [3.8, 4) is 0 Å². The Kier molecular flexibility index (Phi) is 2.75. The van der Waals surface area contributed by atoms with Crippen molar-refractivity contribution in [2.75, 3.05) is 0 Å². The molecule has 0 amide bonds. The van der Waals surface area contributed by atoms with E-state index in [0.717, 1.165) is 17.5 Å². The van der Waals surface area contributed by atoms with Gasteiger partial charge in [-0.3, -0.25) is 0 Å². The quantitative estimate of drug-likeness (QED) is 0.592. The van der Waals surface area contributed by atoms with E-state index in [4.69, 9.17) is 4.98 Å². The van der Waals surface area contributed by atoms with Crippen molar-refractivity contribution in [1.29, 1.82) is 0 Å². The number of hydrogen-bond donors (Lipinski definition) is 0. The molecule has 0 atom stereocenters. The summed E-state index contributed by atoms with van der Waals surface area (Å²) in [6, 6.07) is 16.9. The van der Waals surface area contributed by atoms with Gasteiger partial charge in [-0.2, -0.15) is 0 Å². The lowest BCUT2D eigenvalue weighted by Gasteiger charge is -2.12. The van der Waals surface area contributed by atoms with Crippen molar-refractivity contribution in [2.45, 2.75) is 20.3 Å². The summed E-state index contributed by atoms with van der Waals surface area (Å²) < 4.78 is 0. The van der Waals surface area contributed by atoms with Gasteiger partial charge in [-0.1, -0.05) is 50.2 Å². The van der Waals surface area contributed by atoms with Crippen LogP contribution in [0.1, 0.15) is 19.4 Å². The van der Waals surface area contributed by atoms with E-state index in [1.165, 1.54) is 16.3 Å². The lowest BCUT2D eigenvalue weighted by Crippen LogP contribution is -1.98. The second kappa shape index (κ2) is 4.41. The summed E-state index contributed by atoms with van der Waals surface area (Å²) in [5, 5.41) is 2.59. The molecule has 90 valence electrons. The zero-order valence-corrected chi connectivity index (χ0v) is 10.9. The molecular weight excluding hydrogens is 218 g/mol. The number of pyridine rings is 1. The zero-order valence-electron chi connectivity index (χ0n) is 10.9. The third kappa shape index (κ3) is 1.86. The van der Waals surface area contributed by atoms with E-state index in [-0.39, 0.29) is 0 Å². The van der Waals surface area contributed by atoms with E-state index >= 15 is 0 Å². The summed E-state index contributed by atoms with van der Waals surface area (Å²) in [4.78, 5) is 4.75. The van der Waals surface area contributed by atoms with E-state index in [0.29, 0.717) is 5.92 Å². The fourth-order valence-electron chi connectivity index (χ4n) is 2.56. The number of benzene rings is 2. The Morgan fingerprint density at radius 3 is 1.83 bits per heavy atom. The van der Waals surface area contributed by atoms with E-state index in [1.807, 2.05) is 0 Å². The molecule has 0 radical (unpaired) electrons. The molecule has 0 aliphatic carbocycles. The van der Waals surface area contributed by atoms with Crippen LogP contribution < -0.4 is 0 Å². The van der Waals surface area contributed by atoms with Crippen molar-refractivity contribution in [3.05, 3.63) is 54.1 Å². The summed E-state index contributed by atoms with van der Waals surface area (Å²) in [6.07, 6.45) is 1.10. The predicted octanol–water partition coefficient (Wildman–Crippen LogP) is 4.59. The van der Waals surface area contributed by atoms with Gasteiger partial charge in [-0.15, -0.1) is 0 Å². The van der Waals surface area contributed by atoms with Gasteiger partial charge in [-0.25, -0.2) is 4.98 Å². The molecule has 1 nitrogen and oxygen atoms in total. The third-order valence-electron chi connectivity index (χ3n) is 3.31. The minimum atomic E-state index is 0.652. The van der Waals surface area contributed by atoms with Crippen LogP contribution in [0.5, 0.6) is 0 Å². The maximum Gasteiger partial charge on any atom is 0.0712 e. The van der Waals surface area contributed by atoms with Crippen molar-refractivity contribution in [3.63, 3.8) is 0 Å². The molecular formula is C17H17N. The maximum absolute atomic E-state index is 4.75. The van der Waals surface area contributed by atoms with Crippen LogP contribution in [0.4, 0.5) is 0 Å². The molecule has 0 N–H and O–H groups in total. The molecule has 0 spiro atoms. The third-order valence-corrected chi connectivity index (χ3v) is 3.31. The average Bonchev–Trinajstić information content (AvgIpc) is 2.38. The molecule has 3 rings (SSSR count). The summed E-state index contributed by atoms with van der Waals surface area (Å²) in [5.74, 6) is 0.652. The van der Waals surface area contributed by atoms with Gasteiger partial charge in [0.1, 0.15) is 0 Å². The van der Waals surface area contributed by atoms with Crippen LogP contribution in [0.25, 0.3) is 21.8 Å². The number of rotatable bonds is 2. The van der Waals surface area contributed by atoms with Crippen LogP contribution in [-0.2, 0) is 6.42 Å². The lowest BCUT2D eigenvalue weighted by atomic mass is 9.95. The topological polar surface area (TPSA) is 12.9 Å². The monoisotopic (exact) mass is 235 g/mol. The van der Waals surface area contributed by atoms with E-state index in [9.17, 15) is 0 Å². The molecule has 0 bridgehead atoms. The number of fused-ring (bicyclic) bond motifs is 2. The van der Waals surface area contributed by atoms with E-state index in [2.05, 4.69) is 62.4 Å². The van der Waals surface area contributed by atoms with Crippen molar-refractivity contribution >= 4 is 21.8 Å². The van der Waals surface area contributed by atoms with Crippen LogP contribution in [0.15, 0.2) is 48.5 Å². The largest absolute Gasteiger partial charge is 0.248 e. The number of nitrogens with zero attached hydrogens (tertiary/aromatic N) is 1. The summed E-state index contributed by atoms with van der Waals surface area (Å²) in [5.41, 5.74) is 3.64. The maximum atomic E-state index is 4.75. The Morgan fingerprint density at radius 1 is 0.833 bits per heavy atom. The van der Waals surface area contributed by atoms with Gasteiger partial charge in [-0.05, 0) is 30.0 Å². The Labute approximate surface area is 107 Å². The minimum absolute atomic E-state index is 0.652. The highest BCUT2D eigenvalue weighted by atomic mass is 14.7. The van der Waals surface area contributed by atoms with Gasteiger partial charge >= 0.3 is 0 Å². The van der Waals surface area contributed by atoms with E-state index in [1.54, 1.807) is 0 Å². The minimum Gasteiger partial charge on any atom is -0.248 e. The fraction of sp³-hybridized carbons (Fsp3) is 0.235. The molecule has 1 aromatic heterocycles. The van der Waals surface area contributed by atoms with Crippen LogP contribution in [0.2, 0.25) is 0 Å². The first-order valence-electron chi connectivity index (χ1n) is 6.52. The molecule has 0 unspecified atom stereocenters. The highest BCUT2D eigenvalue weighted by molar-refractivity contribution is 5.97. The Balaban J connectivity index is 2.41. The smallest absolute Gasteiger partial charge is 0.0712 e. The van der Waals surface area contributed by atoms with Gasteiger partial charge in [0.15, 0.2) is 0 Å². The standard InChI is InChI=1S/C17H17N/c1-12(2)11-15-13-7-3-5-9-16(13)18-17-10-6-4-8-14(15)17/h3-10,12H,11H2,1-2H3. The first-order chi connectivity index (χ1) is 8.75. The average molecular weight is 235 g/mol. The molecule has 0 aliphatic rings. The van der Waals surface area contributed by atoms with Gasteiger partial charge in [0.2, 0.25) is 0 Å². The summed E-state index contributed by atoms with van der Waals surface area (Å²) >= 11 is 0. The fourth-order valence-corrected chi connectivity index (χ4v) is 2.56. The molecule has 0 fully saturated rings. The molecule has 2 aromatic carbocycles. The Hall–Kier alpha value is -1.89. The number of hydrogen-bond acceptors (Lipinski definition) is 1. The SMILES string of the molecule is CC(C)Cc1c2ccccc2nc2ccccc12. The van der Waals surface area contributed by atoms with Crippen molar-refractivity contribution < 1.29 is 0 Å². The van der Waals surface area contributed by atoms with Crippen LogP contribution >= 0.6 is 0 Å². The molecule has 0 saturated carbocycles. The first kappa shape index (κ1) is 11.2. The molecule has 1 heterocycles. The highest BCUT2D eigenvalue weighted by Gasteiger charge is 2.09. The van der Waals surface area contributed by atoms with Crippen LogP contribution in [-0.4, -0.2) is 4.98 Å². The molecule has 0 aliphatic heterocycles. The van der Waals surface area contributed by atoms with Gasteiger partial charge < -0.3 is 0 Å². The van der Waals surface area contributed by atoms with Crippen LogP contribution in [0.3, 0.4) is 0 Å². The predicted molar refractivity (Wildman–Crippen MR) is 77.8 cm³/mol. The van der Waals surface area contributed by atoms with E-state index < -0.39 is 0 Å². The lowest BCUT2D eigenvalue weighted by molar-refractivity contribution is 0.652. The van der Waals surface area contributed by atoms with Gasteiger partial charge in [0.25, 0.3) is 0 Å². The zero-order chi connectivity index (χ0) is 12.5. The Morgan fingerprint density at radius 2 is 1.33 bits per heavy atom. The highest BCUT2D eigenvalue weighted by Crippen LogP contribution is 2.27. The van der Waals surface area contributed by atoms with Crippen LogP contribution in [0, 0.1) is 5.92 Å². The van der Waals surface area contributed by atoms with Gasteiger partial charge in [0.05, 0.1) is 11.0 Å². The molecule has 3 aromatic rings. The molecule has 0 saturated heterocycles. The van der Waals surface area contributed by atoms with Crippen molar-refractivity contribution in [2.24, 2.45) is 5.92 Å². The second-order valence-corrected chi connectivity index (χ2v) is 5.22. The number of para-hydroxylation sites is 2. The Bertz CT molecular complexity index is 644. The molecule has 1 heteroatoms. The first-order valence-corrected chi connectivity index (χ1v) is 6.52. The van der Waals surface area contributed by atoms with Crippen molar-refractivity contribution in [1.82, 2.24) is 4.98 Å². The molecule has 18 heavy (non-hydrogen) atoms.